The molecular formula is C16H13FN4. The highest BCUT2D eigenvalue weighted by atomic mass is 19.1. The van der Waals surface area contributed by atoms with Gasteiger partial charge in [-0.25, -0.2) is 9.97 Å². The van der Waals surface area contributed by atoms with Crippen LogP contribution in [-0.4, -0.2) is 28.2 Å². The largest absolute Gasteiger partial charge is 0.339 e. The molecule has 3 aromatic heterocycles. The first-order chi connectivity index (χ1) is 10.2. The highest BCUT2D eigenvalue weighted by Gasteiger charge is 2.10. The Balaban J connectivity index is 2.19. The molecule has 0 unspecified atom stereocenters. The minimum atomic E-state index is -0.522. The predicted molar refractivity (Wildman–Crippen MR) is 82.9 cm³/mol. The Labute approximate surface area is 121 Å². The van der Waals surface area contributed by atoms with E-state index >= 15 is 0 Å². The van der Waals surface area contributed by atoms with E-state index in [2.05, 4.69) is 26.5 Å². The van der Waals surface area contributed by atoms with E-state index in [1.165, 1.54) is 6.07 Å². The van der Waals surface area contributed by atoms with Crippen molar-refractivity contribution in [3.05, 3.63) is 54.1 Å². The van der Waals surface area contributed by atoms with Crippen molar-refractivity contribution in [2.24, 2.45) is 4.99 Å². The van der Waals surface area contributed by atoms with Crippen LogP contribution in [-0.2, 0) is 0 Å². The molecule has 0 aromatic carbocycles. The highest BCUT2D eigenvalue weighted by molar-refractivity contribution is 6.02. The first-order valence-corrected chi connectivity index (χ1v) is 6.43. The van der Waals surface area contributed by atoms with Gasteiger partial charge in [0.05, 0.1) is 11.4 Å². The number of fused-ring (bicyclic) bond motifs is 1. The van der Waals surface area contributed by atoms with E-state index in [-0.39, 0.29) is 0 Å². The number of aliphatic imine (C=N–C) groups is 1. The third-order valence-corrected chi connectivity index (χ3v) is 3.17. The number of nitrogens with zero attached hydrogens (tertiary/aromatic N) is 3. The second kappa shape index (κ2) is 5.28. The minimum absolute atomic E-state index is 0.498. The van der Waals surface area contributed by atoms with Crippen LogP contribution in [0.2, 0.25) is 0 Å². The maximum Gasteiger partial charge on any atom is 0.213 e. The third-order valence-electron chi connectivity index (χ3n) is 3.17. The van der Waals surface area contributed by atoms with E-state index in [1.807, 2.05) is 12.1 Å². The summed E-state index contributed by atoms with van der Waals surface area (Å²) in [6.45, 7) is 3.78. The maximum absolute atomic E-state index is 13.2. The lowest BCUT2D eigenvalue weighted by molar-refractivity contribution is 0.585. The predicted octanol–water partition coefficient (Wildman–Crippen LogP) is 3.46. The van der Waals surface area contributed by atoms with Crippen molar-refractivity contribution >= 4 is 23.3 Å². The van der Waals surface area contributed by atoms with Gasteiger partial charge < -0.3 is 4.98 Å². The van der Waals surface area contributed by atoms with Gasteiger partial charge in [-0.1, -0.05) is 12.6 Å². The molecule has 0 radical (unpaired) electrons. The summed E-state index contributed by atoms with van der Waals surface area (Å²) in [5, 5.41) is 0.940. The number of pyridine rings is 2. The standard InChI is InChI=1S/C16H13FN4/c1-3-12-11(9-18-2)10-7-8-14(21-16(10)20-12)13-5-4-6-15(17)19-13/h3-9H,1H2,2H3,(H,20,21). The summed E-state index contributed by atoms with van der Waals surface area (Å²) in [4.78, 5) is 15.6. The van der Waals surface area contributed by atoms with Crippen LogP contribution in [0.25, 0.3) is 28.5 Å². The molecule has 0 amide bonds. The summed E-state index contributed by atoms with van der Waals surface area (Å²) in [5.74, 6) is -0.522. The number of aromatic amines is 1. The van der Waals surface area contributed by atoms with Gasteiger partial charge in [-0.2, -0.15) is 4.39 Å². The molecule has 21 heavy (non-hydrogen) atoms. The van der Waals surface area contributed by atoms with E-state index in [9.17, 15) is 4.39 Å². The van der Waals surface area contributed by atoms with Crippen molar-refractivity contribution in [3.63, 3.8) is 0 Å². The normalized spacial score (nSPS) is 11.3. The van der Waals surface area contributed by atoms with Gasteiger partial charge in [0.2, 0.25) is 5.95 Å². The topological polar surface area (TPSA) is 53.9 Å². The Morgan fingerprint density at radius 1 is 1.19 bits per heavy atom. The van der Waals surface area contributed by atoms with Crippen LogP contribution in [0.5, 0.6) is 0 Å². The zero-order valence-corrected chi connectivity index (χ0v) is 11.5. The number of halogens is 1. The van der Waals surface area contributed by atoms with Gasteiger partial charge in [-0.3, -0.25) is 4.99 Å². The number of hydrogen-bond donors (Lipinski definition) is 1. The number of rotatable bonds is 3. The Bertz CT molecular complexity index is 849. The fourth-order valence-corrected chi connectivity index (χ4v) is 2.23. The van der Waals surface area contributed by atoms with Crippen molar-refractivity contribution < 1.29 is 4.39 Å². The van der Waals surface area contributed by atoms with Gasteiger partial charge in [-0.05, 0) is 30.3 Å². The maximum atomic E-state index is 13.2. The molecular weight excluding hydrogens is 267 g/mol. The van der Waals surface area contributed by atoms with Gasteiger partial charge in [0.25, 0.3) is 0 Å². The molecule has 3 rings (SSSR count). The van der Waals surface area contributed by atoms with Crippen molar-refractivity contribution in [2.75, 3.05) is 7.05 Å². The van der Waals surface area contributed by atoms with E-state index < -0.39 is 5.95 Å². The lowest BCUT2D eigenvalue weighted by atomic mass is 10.1. The van der Waals surface area contributed by atoms with Crippen LogP contribution < -0.4 is 0 Å². The molecule has 5 heteroatoms. The first-order valence-electron chi connectivity index (χ1n) is 6.43. The molecule has 0 aliphatic rings. The summed E-state index contributed by atoms with van der Waals surface area (Å²) in [5.41, 5.74) is 3.60. The smallest absolute Gasteiger partial charge is 0.213 e. The zero-order chi connectivity index (χ0) is 14.8. The Hall–Kier alpha value is -2.82. The van der Waals surface area contributed by atoms with Crippen LogP contribution >= 0.6 is 0 Å². The summed E-state index contributed by atoms with van der Waals surface area (Å²) < 4.78 is 13.2. The second-order valence-electron chi connectivity index (χ2n) is 4.48. The Kier molecular flexibility index (Phi) is 3.31. The molecule has 0 spiro atoms. The van der Waals surface area contributed by atoms with Crippen LogP contribution in [0.3, 0.4) is 0 Å². The van der Waals surface area contributed by atoms with Crippen molar-refractivity contribution in [2.45, 2.75) is 0 Å². The summed E-state index contributed by atoms with van der Waals surface area (Å²) >= 11 is 0. The van der Waals surface area contributed by atoms with Crippen LogP contribution in [0.15, 0.2) is 41.9 Å². The van der Waals surface area contributed by atoms with E-state index in [0.29, 0.717) is 17.0 Å². The van der Waals surface area contributed by atoms with Gasteiger partial charge in [-0.15, -0.1) is 0 Å². The molecule has 0 atom stereocenters. The lowest BCUT2D eigenvalue weighted by Crippen LogP contribution is -1.90. The number of nitrogens with one attached hydrogen (secondary N) is 1. The van der Waals surface area contributed by atoms with Gasteiger partial charge in [0.15, 0.2) is 0 Å². The third kappa shape index (κ3) is 2.33. The molecule has 3 heterocycles. The highest BCUT2D eigenvalue weighted by Crippen LogP contribution is 2.24. The molecule has 0 saturated carbocycles. The lowest BCUT2D eigenvalue weighted by Gasteiger charge is -2.00. The molecule has 4 nitrogen and oxygen atoms in total. The Morgan fingerprint density at radius 3 is 2.71 bits per heavy atom. The molecule has 0 saturated heterocycles. The van der Waals surface area contributed by atoms with Crippen molar-refractivity contribution in [1.29, 1.82) is 0 Å². The van der Waals surface area contributed by atoms with Gasteiger partial charge in [0, 0.05) is 29.9 Å². The minimum Gasteiger partial charge on any atom is -0.339 e. The van der Waals surface area contributed by atoms with Crippen molar-refractivity contribution in [3.8, 4) is 11.4 Å². The molecule has 0 fully saturated rings. The molecule has 0 aliphatic heterocycles. The van der Waals surface area contributed by atoms with Crippen molar-refractivity contribution in [1.82, 2.24) is 15.0 Å². The van der Waals surface area contributed by atoms with Gasteiger partial charge in [0.1, 0.15) is 5.65 Å². The average Bonchev–Trinajstić information content (AvgIpc) is 2.85. The average molecular weight is 280 g/mol. The first kappa shape index (κ1) is 13.2. The fourth-order valence-electron chi connectivity index (χ4n) is 2.23. The number of H-pyrrole nitrogens is 1. The van der Waals surface area contributed by atoms with E-state index in [1.54, 1.807) is 31.5 Å². The molecule has 0 bridgehead atoms. The number of hydrogen-bond acceptors (Lipinski definition) is 3. The van der Waals surface area contributed by atoms with Gasteiger partial charge >= 0.3 is 0 Å². The SMILES string of the molecule is C=Cc1[nH]c2nc(-c3cccc(F)n3)ccc2c1C=NC. The molecule has 1 N–H and O–H groups in total. The van der Waals surface area contributed by atoms with Crippen LogP contribution in [0.4, 0.5) is 4.39 Å². The van der Waals surface area contributed by atoms with Crippen LogP contribution in [0, 0.1) is 5.95 Å². The molecule has 0 aliphatic carbocycles. The quantitative estimate of drug-likeness (QED) is 0.590. The Morgan fingerprint density at radius 2 is 2.00 bits per heavy atom. The number of aromatic nitrogens is 3. The zero-order valence-electron chi connectivity index (χ0n) is 11.5. The van der Waals surface area contributed by atoms with E-state index in [0.717, 1.165) is 16.6 Å². The molecule has 104 valence electrons. The van der Waals surface area contributed by atoms with E-state index in [4.69, 9.17) is 0 Å². The summed E-state index contributed by atoms with van der Waals surface area (Å²) in [7, 11) is 1.71. The monoisotopic (exact) mass is 280 g/mol. The molecule has 3 aromatic rings. The second-order valence-corrected chi connectivity index (χ2v) is 4.48. The summed E-state index contributed by atoms with van der Waals surface area (Å²) in [6.07, 6.45) is 3.48. The van der Waals surface area contributed by atoms with Crippen LogP contribution in [0.1, 0.15) is 11.3 Å². The summed E-state index contributed by atoms with van der Waals surface area (Å²) in [6, 6.07) is 8.39. The fraction of sp³-hybridized carbons (Fsp3) is 0.0625.